The van der Waals surface area contributed by atoms with E-state index in [0.29, 0.717) is 29.7 Å². The Morgan fingerprint density at radius 2 is 2.11 bits per heavy atom. The van der Waals surface area contributed by atoms with Crippen LogP contribution in [0.3, 0.4) is 0 Å². The van der Waals surface area contributed by atoms with E-state index < -0.39 is 6.10 Å². The lowest BCUT2D eigenvalue weighted by Crippen LogP contribution is -2.45. The van der Waals surface area contributed by atoms with Crippen molar-refractivity contribution in [3.63, 3.8) is 0 Å². The van der Waals surface area contributed by atoms with Crippen LogP contribution in [0, 0.1) is 5.92 Å². The van der Waals surface area contributed by atoms with Gasteiger partial charge in [0.15, 0.2) is 6.10 Å². The zero-order valence-corrected chi connectivity index (χ0v) is 15.6. The monoisotopic (exact) mass is 368 g/mol. The number of carbonyl (C=O) groups is 2. The number of para-hydroxylation sites is 2. The molecular weight excluding hydrogens is 344 g/mol. The summed E-state index contributed by atoms with van der Waals surface area (Å²) in [4.78, 5) is 26.6. The first-order valence-electron chi connectivity index (χ1n) is 9.45. The number of nitrogens with one attached hydrogen (secondary N) is 1. The number of nitrogens with zero attached hydrogens (tertiary/aromatic N) is 3. The van der Waals surface area contributed by atoms with Gasteiger partial charge in [-0.3, -0.25) is 9.59 Å². The van der Waals surface area contributed by atoms with Crippen LogP contribution < -0.4 is 15.0 Å². The molecule has 2 aliphatic rings. The lowest BCUT2D eigenvalue weighted by molar-refractivity contribution is -0.125. The molecule has 0 bridgehead atoms. The second kappa shape index (κ2) is 7.06. The van der Waals surface area contributed by atoms with Crippen molar-refractivity contribution in [3.05, 3.63) is 36.5 Å². The lowest BCUT2D eigenvalue weighted by atomic mass is 10.1. The van der Waals surface area contributed by atoms with Crippen molar-refractivity contribution < 1.29 is 14.3 Å². The van der Waals surface area contributed by atoms with Gasteiger partial charge in [-0.25, -0.2) is 4.68 Å². The second-order valence-electron chi connectivity index (χ2n) is 7.25. The average Bonchev–Trinajstić information content (AvgIpc) is 3.41. The van der Waals surface area contributed by atoms with Crippen LogP contribution in [-0.2, 0) is 9.59 Å². The third-order valence-electron chi connectivity index (χ3n) is 5.26. The van der Waals surface area contributed by atoms with Crippen LogP contribution in [0.15, 0.2) is 36.5 Å². The molecule has 2 amide bonds. The Morgan fingerprint density at radius 3 is 2.89 bits per heavy atom. The number of hydrogen-bond donors (Lipinski definition) is 1. The average molecular weight is 368 g/mol. The zero-order valence-electron chi connectivity index (χ0n) is 15.6. The molecule has 0 spiro atoms. The lowest BCUT2D eigenvalue weighted by Gasteiger charge is -2.32. The van der Waals surface area contributed by atoms with Crippen molar-refractivity contribution in [2.75, 3.05) is 16.8 Å². The minimum absolute atomic E-state index is 0.131. The first-order valence-corrected chi connectivity index (χ1v) is 9.45. The Morgan fingerprint density at radius 1 is 1.33 bits per heavy atom. The van der Waals surface area contributed by atoms with Crippen molar-refractivity contribution in [2.24, 2.45) is 5.92 Å². The molecule has 142 valence electrons. The maximum absolute atomic E-state index is 12.5. The van der Waals surface area contributed by atoms with Gasteiger partial charge in [-0.1, -0.05) is 12.1 Å². The molecule has 1 N–H and O–H groups in total. The first kappa shape index (κ1) is 17.6. The zero-order chi connectivity index (χ0) is 19.0. The molecule has 4 rings (SSSR count). The van der Waals surface area contributed by atoms with E-state index in [1.807, 2.05) is 35.0 Å². The normalized spacial score (nSPS) is 20.0. The van der Waals surface area contributed by atoms with E-state index in [-0.39, 0.29) is 24.3 Å². The number of ether oxygens (including phenoxy) is 1. The molecule has 2 aromatic rings. The molecule has 1 aromatic heterocycles. The van der Waals surface area contributed by atoms with Crippen molar-refractivity contribution in [1.82, 2.24) is 9.78 Å². The molecule has 1 aliphatic heterocycles. The third-order valence-corrected chi connectivity index (χ3v) is 5.26. The fourth-order valence-electron chi connectivity index (χ4n) is 3.52. The summed E-state index contributed by atoms with van der Waals surface area (Å²) in [6.07, 6.45) is 3.79. The predicted molar refractivity (Wildman–Crippen MR) is 102 cm³/mol. The molecule has 0 saturated heterocycles. The van der Waals surface area contributed by atoms with E-state index in [0.717, 1.165) is 0 Å². The van der Waals surface area contributed by atoms with Crippen LogP contribution in [0.2, 0.25) is 0 Å². The van der Waals surface area contributed by atoms with Gasteiger partial charge in [-0.05, 0) is 44.7 Å². The second-order valence-corrected chi connectivity index (χ2v) is 7.25. The quantitative estimate of drug-likeness (QED) is 0.850. The van der Waals surface area contributed by atoms with Crippen LogP contribution in [-0.4, -0.2) is 34.2 Å². The number of rotatable bonds is 6. The topological polar surface area (TPSA) is 76.5 Å². The highest BCUT2D eigenvalue weighted by atomic mass is 16.5. The largest absolute Gasteiger partial charge is 0.479 e. The summed E-state index contributed by atoms with van der Waals surface area (Å²) in [5.74, 6) is 1.75. The van der Waals surface area contributed by atoms with Crippen molar-refractivity contribution in [1.29, 1.82) is 0 Å². The molecule has 7 heteroatoms. The van der Waals surface area contributed by atoms with Gasteiger partial charge in [0, 0.05) is 19.0 Å². The first-order chi connectivity index (χ1) is 13.0. The Kier molecular flexibility index (Phi) is 4.59. The molecule has 1 saturated carbocycles. The highest BCUT2D eigenvalue weighted by Crippen LogP contribution is 2.40. The minimum Gasteiger partial charge on any atom is -0.479 e. The van der Waals surface area contributed by atoms with Crippen LogP contribution in [0.5, 0.6) is 5.75 Å². The summed E-state index contributed by atoms with van der Waals surface area (Å²) in [5.41, 5.74) is 0.709. The van der Waals surface area contributed by atoms with Gasteiger partial charge in [0.2, 0.25) is 5.91 Å². The van der Waals surface area contributed by atoms with E-state index in [2.05, 4.69) is 17.3 Å². The Labute approximate surface area is 158 Å². The van der Waals surface area contributed by atoms with Crippen molar-refractivity contribution >= 4 is 23.3 Å². The van der Waals surface area contributed by atoms with Gasteiger partial charge in [-0.2, -0.15) is 5.10 Å². The van der Waals surface area contributed by atoms with Crippen LogP contribution in [0.25, 0.3) is 0 Å². The maximum atomic E-state index is 12.5. The molecule has 2 heterocycles. The van der Waals surface area contributed by atoms with Crippen LogP contribution in [0.4, 0.5) is 11.5 Å². The molecule has 1 aliphatic carbocycles. The number of hydrogen-bond acceptors (Lipinski definition) is 4. The summed E-state index contributed by atoms with van der Waals surface area (Å²) >= 11 is 0. The maximum Gasteiger partial charge on any atom is 0.267 e. The number of carbonyl (C=O) groups excluding carboxylic acids is 2. The smallest absolute Gasteiger partial charge is 0.267 e. The molecule has 7 nitrogen and oxygen atoms in total. The van der Waals surface area contributed by atoms with E-state index in [4.69, 9.17) is 4.74 Å². The number of aromatic nitrogens is 2. The van der Waals surface area contributed by atoms with E-state index >= 15 is 0 Å². The van der Waals surface area contributed by atoms with Gasteiger partial charge in [0.05, 0.1) is 17.9 Å². The van der Waals surface area contributed by atoms with Crippen molar-refractivity contribution in [2.45, 2.75) is 45.3 Å². The molecule has 2 atom stereocenters. The van der Waals surface area contributed by atoms with Gasteiger partial charge < -0.3 is 15.0 Å². The fraction of sp³-hybridized carbons (Fsp3) is 0.450. The standard InChI is InChI=1S/C20H24N4O3/c1-13(15-7-8-15)24-18(9-11-21-24)22-19(25)10-12-23-16-5-3-4-6-17(16)27-14(2)20(23)26/h3-6,9,11,13-15H,7-8,10,12H2,1-2H3,(H,22,25). The SMILES string of the molecule is CC1Oc2ccccc2N(CCC(=O)Nc2ccnn2C(C)C2CC2)C1=O. The number of benzene rings is 1. The summed E-state index contributed by atoms with van der Waals surface area (Å²) < 4.78 is 7.52. The minimum atomic E-state index is -0.552. The van der Waals surface area contributed by atoms with E-state index in [9.17, 15) is 9.59 Å². The molecule has 1 fully saturated rings. The van der Waals surface area contributed by atoms with Gasteiger partial charge in [0.25, 0.3) is 5.91 Å². The van der Waals surface area contributed by atoms with Gasteiger partial charge in [-0.15, -0.1) is 0 Å². The highest BCUT2D eigenvalue weighted by molar-refractivity contribution is 6.00. The summed E-state index contributed by atoms with van der Waals surface area (Å²) in [5, 5.41) is 7.29. The molecule has 1 aromatic carbocycles. The predicted octanol–water partition coefficient (Wildman–Crippen LogP) is 3.00. The van der Waals surface area contributed by atoms with Crippen LogP contribution >= 0.6 is 0 Å². The molecule has 27 heavy (non-hydrogen) atoms. The van der Waals surface area contributed by atoms with Gasteiger partial charge in [0.1, 0.15) is 11.6 Å². The summed E-state index contributed by atoms with van der Waals surface area (Å²) in [6, 6.07) is 9.50. The summed E-state index contributed by atoms with van der Waals surface area (Å²) in [6.45, 7) is 4.16. The summed E-state index contributed by atoms with van der Waals surface area (Å²) in [7, 11) is 0. The number of amides is 2. The Balaban J connectivity index is 1.41. The van der Waals surface area contributed by atoms with Crippen LogP contribution in [0.1, 0.15) is 39.2 Å². The molecule has 2 unspecified atom stereocenters. The van der Waals surface area contributed by atoms with E-state index in [1.165, 1.54) is 12.8 Å². The van der Waals surface area contributed by atoms with Crippen molar-refractivity contribution in [3.8, 4) is 5.75 Å². The molecule has 0 radical (unpaired) electrons. The molecular formula is C20H24N4O3. The fourth-order valence-corrected chi connectivity index (χ4v) is 3.52. The Bertz CT molecular complexity index is 858. The highest BCUT2D eigenvalue weighted by Gasteiger charge is 2.32. The third kappa shape index (κ3) is 3.54. The number of fused-ring (bicyclic) bond motifs is 1. The Hall–Kier alpha value is -2.83. The number of anilines is 2. The van der Waals surface area contributed by atoms with E-state index in [1.54, 1.807) is 18.0 Å². The van der Waals surface area contributed by atoms with Gasteiger partial charge >= 0.3 is 0 Å².